The van der Waals surface area contributed by atoms with Gasteiger partial charge in [0.2, 0.25) is 5.91 Å². The molecular weight excluding hydrogens is 382 g/mol. The molecule has 1 atom stereocenters. The Hall–Kier alpha value is -2.99. The Bertz CT molecular complexity index is 1000. The molecule has 0 radical (unpaired) electrons. The SMILES string of the molecule is COc1ccc(C2CC(=O)N(c3cccc(Cl)c3)C3=C2C(=O)OC3)cc1OC. The zero-order valence-corrected chi connectivity index (χ0v) is 16.2. The lowest BCUT2D eigenvalue weighted by molar-refractivity contribution is -0.136. The zero-order chi connectivity index (χ0) is 19.8. The van der Waals surface area contributed by atoms with Crippen molar-refractivity contribution >= 4 is 29.2 Å². The molecule has 144 valence electrons. The van der Waals surface area contributed by atoms with Crippen molar-refractivity contribution in [2.75, 3.05) is 25.7 Å². The van der Waals surface area contributed by atoms with Crippen LogP contribution in [0.5, 0.6) is 11.5 Å². The van der Waals surface area contributed by atoms with Crippen LogP contribution in [0, 0.1) is 0 Å². The summed E-state index contributed by atoms with van der Waals surface area (Å²) in [6.07, 6.45) is 0.135. The highest BCUT2D eigenvalue weighted by molar-refractivity contribution is 6.31. The molecule has 0 saturated heterocycles. The molecule has 28 heavy (non-hydrogen) atoms. The number of halogens is 1. The quantitative estimate of drug-likeness (QED) is 0.733. The average Bonchev–Trinajstić information content (AvgIpc) is 3.08. The lowest BCUT2D eigenvalue weighted by Gasteiger charge is -2.32. The fourth-order valence-electron chi connectivity index (χ4n) is 3.72. The second kappa shape index (κ2) is 7.20. The number of ether oxygens (including phenoxy) is 3. The second-order valence-electron chi connectivity index (χ2n) is 6.52. The third-order valence-electron chi connectivity index (χ3n) is 4.99. The maximum Gasteiger partial charge on any atom is 0.336 e. The zero-order valence-electron chi connectivity index (χ0n) is 15.4. The molecule has 2 aromatic rings. The maximum atomic E-state index is 13.0. The molecular formula is C21H18ClNO5. The molecule has 7 heteroatoms. The summed E-state index contributed by atoms with van der Waals surface area (Å²) in [6, 6.07) is 12.4. The van der Waals surface area contributed by atoms with Crippen LogP contribution in [-0.2, 0) is 14.3 Å². The topological polar surface area (TPSA) is 65.1 Å². The Kier molecular flexibility index (Phi) is 4.73. The van der Waals surface area contributed by atoms with Crippen LogP contribution in [0.2, 0.25) is 5.02 Å². The van der Waals surface area contributed by atoms with E-state index in [1.807, 2.05) is 6.07 Å². The summed E-state index contributed by atoms with van der Waals surface area (Å²) < 4.78 is 15.9. The number of cyclic esters (lactones) is 1. The van der Waals surface area contributed by atoms with E-state index < -0.39 is 11.9 Å². The minimum absolute atomic E-state index is 0.0518. The van der Waals surface area contributed by atoms with Gasteiger partial charge in [-0.3, -0.25) is 9.69 Å². The van der Waals surface area contributed by atoms with Crippen molar-refractivity contribution in [2.45, 2.75) is 12.3 Å². The number of amides is 1. The van der Waals surface area contributed by atoms with Crippen LogP contribution < -0.4 is 14.4 Å². The van der Waals surface area contributed by atoms with Crippen molar-refractivity contribution in [2.24, 2.45) is 0 Å². The molecule has 1 unspecified atom stereocenters. The number of benzene rings is 2. The third kappa shape index (κ3) is 2.99. The fourth-order valence-corrected chi connectivity index (χ4v) is 3.91. The molecule has 2 aliphatic rings. The van der Waals surface area contributed by atoms with Gasteiger partial charge in [-0.15, -0.1) is 0 Å². The van der Waals surface area contributed by atoms with Crippen molar-refractivity contribution in [1.29, 1.82) is 0 Å². The number of rotatable bonds is 4. The third-order valence-corrected chi connectivity index (χ3v) is 5.23. The minimum atomic E-state index is -0.409. The molecule has 0 spiro atoms. The van der Waals surface area contributed by atoms with Crippen LogP contribution in [0.4, 0.5) is 5.69 Å². The van der Waals surface area contributed by atoms with E-state index in [1.54, 1.807) is 50.6 Å². The molecule has 4 rings (SSSR count). The van der Waals surface area contributed by atoms with Crippen LogP contribution in [0.1, 0.15) is 17.9 Å². The van der Waals surface area contributed by atoms with Gasteiger partial charge in [-0.1, -0.05) is 23.7 Å². The van der Waals surface area contributed by atoms with E-state index in [4.69, 9.17) is 25.8 Å². The number of methoxy groups -OCH3 is 2. The summed E-state index contributed by atoms with van der Waals surface area (Å²) in [7, 11) is 3.10. The largest absolute Gasteiger partial charge is 0.493 e. The lowest BCUT2D eigenvalue weighted by Crippen LogP contribution is -2.37. The predicted molar refractivity (Wildman–Crippen MR) is 104 cm³/mol. The minimum Gasteiger partial charge on any atom is -0.493 e. The summed E-state index contributed by atoms with van der Waals surface area (Å²) in [5.41, 5.74) is 2.47. The number of hydrogen-bond donors (Lipinski definition) is 0. The van der Waals surface area contributed by atoms with Gasteiger partial charge in [-0.25, -0.2) is 4.79 Å². The van der Waals surface area contributed by atoms with Crippen LogP contribution in [-0.4, -0.2) is 32.7 Å². The first kappa shape index (κ1) is 18.4. The first-order chi connectivity index (χ1) is 13.5. The van der Waals surface area contributed by atoms with Gasteiger partial charge in [0.1, 0.15) is 6.61 Å². The molecule has 0 aromatic heterocycles. The average molecular weight is 400 g/mol. The molecule has 1 amide bonds. The van der Waals surface area contributed by atoms with E-state index in [0.29, 0.717) is 33.5 Å². The van der Waals surface area contributed by atoms with Crippen molar-refractivity contribution in [3.05, 3.63) is 64.3 Å². The number of carbonyl (C=O) groups excluding carboxylic acids is 2. The summed E-state index contributed by atoms with van der Waals surface area (Å²) in [4.78, 5) is 27.1. The summed E-state index contributed by atoms with van der Waals surface area (Å²) >= 11 is 6.09. The smallest absolute Gasteiger partial charge is 0.336 e. The number of carbonyl (C=O) groups is 2. The highest BCUT2D eigenvalue weighted by atomic mass is 35.5. The molecule has 0 aliphatic carbocycles. The van der Waals surface area contributed by atoms with E-state index in [9.17, 15) is 9.59 Å². The first-order valence-electron chi connectivity index (χ1n) is 8.74. The van der Waals surface area contributed by atoms with Crippen LogP contribution in [0.3, 0.4) is 0 Å². The van der Waals surface area contributed by atoms with Gasteiger partial charge in [0, 0.05) is 17.4 Å². The number of anilines is 1. The van der Waals surface area contributed by atoms with Gasteiger partial charge in [-0.05, 0) is 35.9 Å². The summed E-state index contributed by atoms with van der Waals surface area (Å²) in [5.74, 6) is 0.177. The molecule has 0 saturated carbocycles. The molecule has 0 N–H and O–H groups in total. The Morgan fingerprint density at radius 2 is 1.86 bits per heavy atom. The Labute approximate surface area is 167 Å². The highest BCUT2D eigenvalue weighted by Gasteiger charge is 2.43. The predicted octanol–water partition coefficient (Wildman–Crippen LogP) is 3.69. The van der Waals surface area contributed by atoms with Crippen molar-refractivity contribution < 1.29 is 23.8 Å². The van der Waals surface area contributed by atoms with Crippen molar-refractivity contribution in [1.82, 2.24) is 0 Å². The van der Waals surface area contributed by atoms with Crippen LogP contribution in [0.15, 0.2) is 53.7 Å². The summed E-state index contributed by atoms with van der Waals surface area (Å²) in [5, 5.41) is 0.514. The number of nitrogens with zero attached hydrogens (tertiary/aromatic N) is 1. The molecule has 6 nitrogen and oxygen atoms in total. The van der Waals surface area contributed by atoms with Gasteiger partial charge in [0.05, 0.1) is 31.2 Å². The lowest BCUT2D eigenvalue weighted by atomic mass is 9.84. The summed E-state index contributed by atoms with van der Waals surface area (Å²) in [6.45, 7) is 0.0518. The van der Waals surface area contributed by atoms with Gasteiger partial charge in [-0.2, -0.15) is 0 Å². The first-order valence-corrected chi connectivity index (χ1v) is 9.12. The number of esters is 1. The Morgan fingerprint density at radius 3 is 2.57 bits per heavy atom. The molecule has 2 aliphatic heterocycles. The van der Waals surface area contributed by atoms with E-state index in [0.717, 1.165) is 5.56 Å². The maximum absolute atomic E-state index is 13.0. The number of hydrogen-bond acceptors (Lipinski definition) is 5. The second-order valence-corrected chi connectivity index (χ2v) is 6.95. The fraction of sp³-hybridized carbons (Fsp3) is 0.238. The van der Waals surface area contributed by atoms with Gasteiger partial charge in [0.15, 0.2) is 11.5 Å². The monoisotopic (exact) mass is 399 g/mol. The highest BCUT2D eigenvalue weighted by Crippen LogP contribution is 2.43. The Morgan fingerprint density at radius 1 is 1.07 bits per heavy atom. The molecule has 2 heterocycles. The van der Waals surface area contributed by atoms with E-state index >= 15 is 0 Å². The van der Waals surface area contributed by atoms with E-state index in [2.05, 4.69) is 0 Å². The van der Waals surface area contributed by atoms with Gasteiger partial charge >= 0.3 is 5.97 Å². The van der Waals surface area contributed by atoms with Crippen LogP contribution >= 0.6 is 11.6 Å². The molecule has 0 fully saturated rings. The normalized spacial score (nSPS) is 18.8. The Balaban J connectivity index is 1.81. The van der Waals surface area contributed by atoms with Gasteiger partial charge < -0.3 is 14.2 Å². The van der Waals surface area contributed by atoms with Crippen molar-refractivity contribution in [3.63, 3.8) is 0 Å². The van der Waals surface area contributed by atoms with Crippen LogP contribution in [0.25, 0.3) is 0 Å². The standard InChI is InChI=1S/C21H18ClNO5/c1-26-17-7-6-12(8-18(17)27-2)15-10-19(24)23(14-5-3-4-13(22)9-14)16-11-28-21(25)20(15)16/h3-9,15H,10-11H2,1-2H3. The van der Waals surface area contributed by atoms with Gasteiger partial charge in [0.25, 0.3) is 0 Å². The van der Waals surface area contributed by atoms with Crippen molar-refractivity contribution in [3.8, 4) is 11.5 Å². The molecule has 2 aromatic carbocycles. The van der Waals surface area contributed by atoms with E-state index in [1.165, 1.54) is 4.90 Å². The molecule has 0 bridgehead atoms. The van der Waals surface area contributed by atoms with E-state index in [-0.39, 0.29) is 18.9 Å².